The van der Waals surface area contributed by atoms with Crippen molar-refractivity contribution >= 4 is 5.91 Å². The van der Waals surface area contributed by atoms with Crippen LogP contribution < -0.4 is 10.1 Å². The summed E-state index contributed by atoms with van der Waals surface area (Å²) in [5, 5.41) is 13.0. The molecular weight excluding hydrogens is 244 g/mol. The van der Waals surface area contributed by atoms with Crippen LogP contribution in [0.5, 0.6) is 5.88 Å². The normalized spacial score (nSPS) is 17.2. The number of carbonyl (C=O) groups excluding carboxylic acids is 1. The smallest absolute Gasteiger partial charge is 0.256 e. The van der Waals surface area contributed by atoms with E-state index in [0.717, 1.165) is 25.7 Å². The molecule has 1 aliphatic carbocycles. The molecule has 2 N–H and O–H groups in total. The molecule has 1 amide bonds. The summed E-state index contributed by atoms with van der Waals surface area (Å²) in [5.74, 6) is 0.0813. The van der Waals surface area contributed by atoms with Gasteiger partial charge < -0.3 is 15.2 Å². The number of hydrogen-bond donors (Lipinski definition) is 2. The first-order valence-corrected chi connectivity index (χ1v) is 6.73. The molecule has 0 aliphatic heterocycles. The minimum atomic E-state index is -0.746. The Kier molecular flexibility index (Phi) is 4.37. The molecule has 104 valence electrons. The highest BCUT2D eigenvalue weighted by atomic mass is 16.5. The summed E-state index contributed by atoms with van der Waals surface area (Å²) in [6.45, 7) is 2.59. The number of nitrogens with zero attached hydrogens (tertiary/aromatic N) is 1. The molecule has 0 atom stereocenters. The molecule has 0 bridgehead atoms. The summed E-state index contributed by atoms with van der Waals surface area (Å²) in [7, 11) is 0. The Morgan fingerprint density at radius 2 is 2.26 bits per heavy atom. The maximum atomic E-state index is 12.1. The first-order valence-electron chi connectivity index (χ1n) is 6.73. The molecule has 0 spiro atoms. The van der Waals surface area contributed by atoms with Crippen molar-refractivity contribution in [2.75, 3.05) is 13.2 Å². The number of pyridine rings is 1. The second kappa shape index (κ2) is 6.02. The van der Waals surface area contributed by atoms with E-state index < -0.39 is 5.60 Å². The molecule has 0 aromatic carbocycles. The van der Waals surface area contributed by atoms with Crippen LogP contribution in [0, 0.1) is 0 Å². The van der Waals surface area contributed by atoms with Crippen LogP contribution in [0.1, 0.15) is 43.0 Å². The average Bonchev–Trinajstić information content (AvgIpc) is 2.85. The lowest BCUT2D eigenvalue weighted by Gasteiger charge is -2.22. The van der Waals surface area contributed by atoms with Gasteiger partial charge in [-0.2, -0.15) is 0 Å². The Hall–Kier alpha value is -1.62. The van der Waals surface area contributed by atoms with Gasteiger partial charge in [0.25, 0.3) is 5.91 Å². The van der Waals surface area contributed by atoms with Gasteiger partial charge in [0, 0.05) is 12.7 Å². The Morgan fingerprint density at radius 1 is 1.53 bits per heavy atom. The lowest BCUT2D eigenvalue weighted by Crippen LogP contribution is -2.40. The van der Waals surface area contributed by atoms with E-state index in [9.17, 15) is 9.90 Å². The van der Waals surface area contributed by atoms with Crippen molar-refractivity contribution in [3.63, 3.8) is 0 Å². The first kappa shape index (κ1) is 13.8. The molecule has 2 rings (SSSR count). The van der Waals surface area contributed by atoms with Gasteiger partial charge in [0.1, 0.15) is 5.56 Å². The molecule has 5 nitrogen and oxygen atoms in total. The van der Waals surface area contributed by atoms with Crippen LogP contribution in [0.25, 0.3) is 0 Å². The molecule has 1 aromatic rings. The lowest BCUT2D eigenvalue weighted by atomic mass is 10.0. The quantitative estimate of drug-likeness (QED) is 0.845. The second-order valence-corrected chi connectivity index (χ2v) is 4.90. The third-order valence-corrected chi connectivity index (χ3v) is 3.41. The van der Waals surface area contributed by atoms with Crippen molar-refractivity contribution in [2.45, 2.75) is 38.2 Å². The molecule has 1 saturated carbocycles. The number of ether oxygens (including phenoxy) is 1. The van der Waals surface area contributed by atoms with Gasteiger partial charge in [-0.25, -0.2) is 4.98 Å². The lowest BCUT2D eigenvalue weighted by molar-refractivity contribution is 0.0448. The molecule has 5 heteroatoms. The Morgan fingerprint density at radius 3 is 2.95 bits per heavy atom. The van der Waals surface area contributed by atoms with Gasteiger partial charge in [-0.3, -0.25) is 4.79 Å². The Labute approximate surface area is 113 Å². The molecule has 1 aliphatic rings. The van der Waals surface area contributed by atoms with Crippen molar-refractivity contribution in [3.05, 3.63) is 23.9 Å². The largest absolute Gasteiger partial charge is 0.477 e. The fourth-order valence-electron chi connectivity index (χ4n) is 2.37. The third-order valence-electron chi connectivity index (χ3n) is 3.41. The number of amides is 1. The minimum absolute atomic E-state index is 0.253. The summed E-state index contributed by atoms with van der Waals surface area (Å²) in [6, 6.07) is 3.37. The number of aliphatic hydroxyl groups is 1. The van der Waals surface area contributed by atoms with Gasteiger partial charge in [-0.1, -0.05) is 12.8 Å². The van der Waals surface area contributed by atoms with E-state index in [0.29, 0.717) is 18.1 Å². The average molecular weight is 264 g/mol. The highest BCUT2D eigenvalue weighted by molar-refractivity contribution is 5.96. The van der Waals surface area contributed by atoms with Crippen LogP contribution in [0.15, 0.2) is 18.3 Å². The van der Waals surface area contributed by atoms with E-state index in [-0.39, 0.29) is 12.5 Å². The zero-order valence-corrected chi connectivity index (χ0v) is 11.2. The minimum Gasteiger partial charge on any atom is -0.477 e. The van der Waals surface area contributed by atoms with Crippen molar-refractivity contribution in [3.8, 4) is 5.88 Å². The van der Waals surface area contributed by atoms with Crippen LogP contribution in [-0.4, -0.2) is 34.8 Å². The molecule has 19 heavy (non-hydrogen) atoms. The topological polar surface area (TPSA) is 71.5 Å². The summed E-state index contributed by atoms with van der Waals surface area (Å²) in [4.78, 5) is 16.1. The summed E-state index contributed by atoms with van der Waals surface area (Å²) >= 11 is 0. The van der Waals surface area contributed by atoms with E-state index in [1.165, 1.54) is 0 Å². The number of carbonyl (C=O) groups is 1. The molecule has 0 radical (unpaired) electrons. The fraction of sp³-hybridized carbons (Fsp3) is 0.571. The van der Waals surface area contributed by atoms with Crippen LogP contribution in [0.4, 0.5) is 0 Å². The summed E-state index contributed by atoms with van der Waals surface area (Å²) < 4.78 is 5.32. The third kappa shape index (κ3) is 3.44. The van der Waals surface area contributed by atoms with E-state index in [1.807, 2.05) is 6.92 Å². The predicted octanol–water partition coefficient (Wildman–Crippen LogP) is 1.52. The summed E-state index contributed by atoms with van der Waals surface area (Å²) in [5.41, 5.74) is -0.338. The molecule has 1 fully saturated rings. The van der Waals surface area contributed by atoms with Gasteiger partial charge in [0.05, 0.1) is 12.2 Å². The van der Waals surface area contributed by atoms with Gasteiger partial charge in [0.2, 0.25) is 5.88 Å². The molecule has 1 heterocycles. The molecule has 0 saturated heterocycles. The summed E-state index contributed by atoms with van der Waals surface area (Å²) in [6.07, 6.45) is 5.12. The highest BCUT2D eigenvalue weighted by Crippen LogP contribution is 2.28. The Bertz CT molecular complexity index is 442. The number of rotatable bonds is 5. The van der Waals surface area contributed by atoms with Gasteiger partial charge >= 0.3 is 0 Å². The maximum Gasteiger partial charge on any atom is 0.256 e. The standard InChI is InChI=1S/C14H20N2O3/c1-2-19-13-11(6-5-9-15-13)12(17)16-10-14(18)7-3-4-8-14/h5-6,9,18H,2-4,7-8,10H2,1H3,(H,16,17). The van der Waals surface area contributed by atoms with Crippen LogP contribution in [0.2, 0.25) is 0 Å². The zero-order chi connectivity index (χ0) is 13.7. The van der Waals surface area contributed by atoms with Gasteiger partial charge in [-0.15, -0.1) is 0 Å². The first-order chi connectivity index (χ1) is 9.14. The van der Waals surface area contributed by atoms with Crippen LogP contribution >= 0.6 is 0 Å². The van der Waals surface area contributed by atoms with Crippen molar-refractivity contribution in [1.82, 2.24) is 10.3 Å². The van der Waals surface area contributed by atoms with Gasteiger partial charge in [0.15, 0.2) is 0 Å². The van der Waals surface area contributed by atoms with Gasteiger partial charge in [-0.05, 0) is 31.9 Å². The maximum absolute atomic E-state index is 12.1. The SMILES string of the molecule is CCOc1ncccc1C(=O)NCC1(O)CCCC1. The zero-order valence-electron chi connectivity index (χ0n) is 11.2. The molecule has 0 unspecified atom stereocenters. The van der Waals surface area contributed by atoms with E-state index in [4.69, 9.17) is 4.74 Å². The highest BCUT2D eigenvalue weighted by Gasteiger charge is 2.31. The Balaban J connectivity index is 1.99. The number of aromatic nitrogens is 1. The second-order valence-electron chi connectivity index (χ2n) is 4.90. The number of nitrogens with one attached hydrogen (secondary N) is 1. The van der Waals surface area contributed by atoms with E-state index >= 15 is 0 Å². The van der Waals surface area contributed by atoms with Crippen LogP contribution in [0.3, 0.4) is 0 Å². The number of hydrogen-bond acceptors (Lipinski definition) is 4. The van der Waals surface area contributed by atoms with Crippen molar-refractivity contribution in [1.29, 1.82) is 0 Å². The van der Waals surface area contributed by atoms with Crippen molar-refractivity contribution < 1.29 is 14.6 Å². The molecule has 1 aromatic heterocycles. The molecular formula is C14H20N2O3. The predicted molar refractivity (Wildman–Crippen MR) is 71.2 cm³/mol. The fourth-order valence-corrected chi connectivity index (χ4v) is 2.37. The van der Waals surface area contributed by atoms with Crippen LogP contribution in [-0.2, 0) is 0 Å². The van der Waals surface area contributed by atoms with E-state index in [2.05, 4.69) is 10.3 Å². The monoisotopic (exact) mass is 264 g/mol. The van der Waals surface area contributed by atoms with E-state index in [1.54, 1.807) is 18.3 Å². The van der Waals surface area contributed by atoms with Crippen molar-refractivity contribution in [2.24, 2.45) is 0 Å².